The highest BCUT2D eigenvalue weighted by Gasteiger charge is 2.18. The first-order valence-electron chi connectivity index (χ1n) is 5.70. The van der Waals surface area contributed by atoms with E-state index >= 15 is 0 Å². The summed E-state index contributed by atoms with van der Waals surface area (Å²) >= 11 is 1.87. The predicted octanol–water partition coefficient (Wildman–Crippen LogP) is 4.14. The number of aromatic nitrogens is 1. The van der Waals surface area contributed by atoms with Crippen LogP contribution in [0.25, 0.3) is 10.2 Å². The summed E-state index contributed by atoms with van der Waals surface area (Å²) in [6, 6.07) is 9.20. The molecule has 2 aromatic rings. The van der Waals surface area contributed by atoms with Crippen LogP contribution in [-0.4, -0.2) is 4.98 Å². The van der Waals surface area contributed by atoms with Gasteiger partial charge >= 0.3 is 0 Å². The number of rotatable bonds is 1. The molecular weight excluding hydrogens is 202 g/mol. The molecule has 0 atom stereocenters. The molecule has 1 radical (unpaired) electrons. The molecule has 1 aromatic carbocycles. The van der Waals surface area contributed by atoms with Crippen molar-refractivity contribution in [2.24, 2.45) is 0 Å². The maximum atomic E-state index is 4.72. The van der Waals surface area contributed by atoms with Gasteiger partial charge in [0, 0.05) is 5.92 Å². The first-order valence-corrected chi connectivity index (χ1v) is 6.52. The van der Waals surface area contributed by atoms with Crippen LogP contribution in [0.1, 0.15) is 43.0 Å². The summed E-state index contributed by atoms with van der Waals surface area (Å²) in [5, 5.41) is 1.35. The van der Waals surface area contributed by atoms with Gasteiger partial charge in [0.2, 0.25) is 0 Å². The van der Waals surface area contributed by atoms with Gasteiger partial charge in [0.05, 0.1) is 15.2 Å². The molecule has 15 heavy (non-hydrogen) atoms. The molecule has 0 saturated heterocycles. The van der Waals surface area contributed by atoms with Crippen LogP contribution in [0.2, 0.25) is 0 Å². The molecule has 1 heterocycles. The number of hydrogen-bond acceptors (Lipinski definition) is 2. The van der Waals surface area contributed by atoms with Crippen molar-refractivity contribution in [3.05, 3.63) is 29.3 Å². The van der Waals surface area contributed by atoms with Gasteiger partial charge in [0.1, 0.15) is 0 Å². The lowest BCUT2D eigenvalue weighted by Gasteiger charge is -2.18. The zero-order valence-electron chi connectivity index (χ0n) is 8.70. The SMILES string of the molecule is [c]1ccc2sc(C3CCCCC3)nc2c1. The molecule has 1 aliphatic rings. The second kappa shape index (κ2) is 3.93. The molecule has 0 unspecified atom stereocenters. The normalized spacial score (nSPS) is 18.4. The van der Waals surface area contributed by atoms with Gasteiger partial charge in [-0.15, -0.1) is 11.3 Å². The molecule has 1 nitrogen and oxygen atoms in total. The summed E-state index contributed by atoms with van der Waals surface area (Å²) in [6.45, 7) is 0. The van der Waals surface area contributed by atoms with Crippen LogP contribution in [0, 0.1) is 6.07 Å². The highest BCUT2D eigenvalue weighted by atomic mass is 32.1. The molecule has 0 amide bonds. The van der Waals surface area contributed by atoms with Crippen LogP contribution in [0.4, 0.5) is 0 Å². The molecule has 2 heteroatoms. The van der Waals surface area contributed by atoms with E-state index in [1.54, 1.807) is 0 Å². The number of hydrogen-bond donors (Lipinski definition) is 0. The monoisotopic (exact) mass is 216 g/mol. The van der Waals surface area contributed by atoms with E-state index in [1.165, 1.54) is 41.8 Å². The molecule has 0 N–H and O–H groups in total. The van der Waals surface area contributed by atoms with Crippen molar-refractivity contribution in [2.45, 2.75) is 38.0 Å². The topological polar surface area (TPSA) is 12.9 Å². The number of fused-ring (bicyclic) bond motifs is 1. The zero-order chi connectivity index (χ0) is 10.1. The van der Waals surface area contributed by atoms with E-state index in [-0.39, 0.29) is 0 Å². The van der Waals surface area contributed by atoms with Gasteiger partial charge in [0.25, 0.3) is 0 Å². The molecule has 77 valence electrons. The van der Waals surface area contributed by atoms with E-state index in [0.717, 1.165) is 11.4 Å². The predicted molar refractivity (Wildman–Crippen MR) is 64.3 cm³/mol. The van der Waals surface area contributed by atoms with Crippen molar-refractivity contribution in [2.75, 3.05) is 0 Å². The second-order valence-electron chi connectivity index (χ2n) is 4.28. The Morgan fingerprint density at radius 2 is 2.13 bits per heavy atom. The molecule has 3 rings (SSSR count). The van der Waals surface area contributed by atoms with Crippen molar-refractivity contribution < 1.29 is 0 Å². The van der Waals surface area contributed by atoms with Gasteiger partial charge < -0.3 is 0 Å². The second-order valence-corrected chi connectivity index (χ2v) is 5.34. The fraction of sp³-hybridized carbons (Fsp3) is 0.462. The Hall–Kier alpha value is -0.890. The zero-order valence-corrected chi connectivity index (χ0v) is 9.52. The summed E-state index contributed by atoms with van der Waals surface area (Å²) in [6.07, 6.45) is 6.85. The van der Waals surface area contributed by atoms with Gasteiger partial charge in [-0.1, -0.05) is 25.3 Å². The lowest BCUT2D eigenvalue weighted by atomic mass is 9.90. The highest BCUT2D eigenvalue weighted by molar-refractivity contribution is 7.18. The van der Waals surface area contributed by atoms with Crippen LogP contribution in [-0.2, 0) is 0 Å². The Kier molecular flexibility index (Phi) is 2.45. The van der Waals surface area contributed by atoms with Crippen molar-refractivity contribution in [1.82, 2.24) is 4.98 Å². The van der Waals surface area contributed by atoms with Crippen LogP contribution in [0.3, 0.4) is 0 Å². The minimum atomic E-state index is 0.733. The first kappa shape index (κ1) is 9.34. The fourth-order valence-electron chi connectivity index (χ4n) is 2.36. The van der Waals surface area contributed by atoms with E-state index in [2.05, 4.69) is 12.1 Å². The third kappa shape index (κ3) is 1.78. The molecule has 1 saturated carbocycles. The summed E-state index contributed by atoms with van der Waals surface area (Å²) in [5.41, 5.74) is 1.13. The average molecular weight is 216 g/mol. The number of nitrogens with zero attached hydrogens (tertiary/aromatic N) is 1. The Balaban J connectivity index is 1.96. The third-order valence-corrected chi connectivity index (χ3v) is 4.40. The minimum Gasteiger partial charge on any atom is -0.241 e. The Morgan fingerprint density at radius 1 is 1.27 bits per heavy atom. The smallest absolute Gasteiger partial charge is 0.0969 e. The van der Waals surface area contributed by atoms with Crippen molar-refractivity contribution in [1.29, 1.82) is 0 Å². The van der Waals surface area contributed by atoms with E-state index in [9.17, 15) is 0 Å². The maximum Gasteiger partial charge on any atom is 0.0969 e. The molecule has 0 bridgehead atoms. The third-order valence-electron chi connectivity index (χ3n) is 3.20. The molecule has 0 spiro atoms. The van der Waals surface area contributed by atoms with Crippen LogP contribution < -0.4 is 0 Å². The van der Waals surface area contributed by atoms with E-state index in [0.29, 0.717) is 0 Å². The lowest BCUT2D eigenvalue weighted by Crippen LogP contribution is -2.03. The summed E-state index contributed by atoms with van der Waals surface area (Å²) < 4.78 is 1.31. The van der Waals surface area contributed by atoms with E-state index in [1.807, 2.05) is 23.5 Å². The Morgan fingerprint density at radius 3 is 2.93 bits per heavy atom. The largest absolute Gasteiger partial charge is 0.241 e. The van der Waals surface area contributed by atoms with E-state index in [4.69, 9.17) is 4.98 Å². The van der Waals surface area contributed by atoms with Crippen LogP contribution >= 0.6 is 11.3 Å². The lowest BCUT2D eigenvalue weighted by molar-refractivity contribution is 0.443. The van der Waals surface area contributed by atoms with Crippen LogP contribution in [0.5, 0.6) is 0 Å². The standard InChI is InChI=1S/C13H14NS/c1-2-6-10(7-3-1)13-14-11-8-4-5-9-12(11)15-13/h5,8-10H,1-3,6-7H2. The Bertz CT molecular complexity index is 421. The van der Waals surface area contributed by atoms with E-state index < -0.39 is 0 Å². The van der Waals surface area contributed by atoms with Crippen molar-refractivity contribution >= 4 is 21.6 Å². The summed E-state index contributed by atoms with van der Waals surface area (Å²) in [7, 11) is 0. The van der Waals surface area contributed by atoms with Crippen molar-refractivity contribution in [3.63, 3.8) is 0 Å². The first-order chi connectivity index (χ1) is 7.43. The summed E-state index contributed by atoms with van der Waals surface area (Å²) in [4.78, 5) is 4.72. The molecule has 1 aliphatic carbocycles. The average Bonchev–Trinajstić information content (AvgIpc) is 2.74. The number of thiazole rings is 1. The molecular formula is C13H14NS. The van der Waals surface area contributed by atoms with Crippen molar-refractivity contribution in [3.8, 4) is 0 Å². The van der Waals surface area contributed by atoms with Gasteiger partial charge in [0.15, 0.2) is 0 Å². The minimum absolute atomic E-state index is 0.733. The van der Waals surface area contributed by atoms with Gasteiger partial charge in [-0.2, -0.15) is 0 Å². The van der Waals surface area contributed by atoms with Gasteiger partial charge in [-0.3, -0.25) is 0 Å². The molecule has 0 aliphatic heterocycles. The molecule has 1 fully saturated rings. The van der Waals surface area contributed by atoms with Crippen LogP contribution in [0.15, 0.2) is 18.2 Å². The quantitative estimate of drug-likeness (QED) is 0.698. The number of benzene rings is 1. The maximum absolute atomic E-state index is 4.72. The Labute approximate surface area is 94.2 Å². The highest BCUT2D eigenvalue weighted by Crippen LogP contribution is 2.36. The fourth-order valence-corrected chi connectivity index (χ4v) is 3.48. The summed E-state index contributed by atoms with van der Waals surface area (Å²) in [5.74, 6) is 0.733. The van der Waals surface area contributed by atoms with Gasteiger partial charge in [-0.25, -0.2) is 4.98 Å². The molecule has 1 aromatic heterocycles. The van der Waals surface area contributed by atoms with Gasteiger partial charge in [-0.05, 0) is 31.0 Å².